The first-order valence-corrected chi connectivity index (χ1v) is 14.7. The van der Waals surface area contributed by atoms with E-state index in [4.69, 9.17) is 40.2 Å². The Bertz CT molecular complexity index is 1670. The number of methoxy groups -OCH3 is 1. The normalized spacial score (nSPS) is 16.9. The van der Waals surface area contributed by atoms with Crippen molar-refractivity contribution in [3.63, 3.8) is 0 Å². The molecule has 1 fully saturated rings. The lowest BCUT2D eigenvalue weighted by Crippen LogP contribution is -2.30. The number of benzene rings is 2. The van der Waals surface area contributed by atoms with Crippen molar-refractivity contribution in [1.82, 2.24) is 14.9 Å². The number of rotatable bonds is 6. The fraction of sp³-hybridized carbons (Fsp3) is 0.281. The lowest BCUT2D eigenvalue weighted by molar-refractivity contribution is -0.123. The third kappa shape index (κ3) is 5.46. The van der Waals surface area contributed by atoms with Crippen LogP contribution in [0.15, 0.2) is 66.9 Å². The zero-order valence-corrected chi connectivity index (χ0v) is 26.7. The maximum absolute atomic E-state index is 12.7. The second-order valence-corrected chi connectivity index (χ2v) is 12.5. The van der Waals surface area contributed by atoms with Gasteiger partial charge in [0.25, 0.3) is 0 Å². The number of pyridine rings is 1. The molecular formula is C32H33Cl2N5O2S. The Morgan fingerprint density at radius 3 is 2.50 bits per heavy atom. The maximum atomic E-state index is 12.7. The summed E-state index contributed by atoms with van der Waals surface area (Å²) in [4.78, 5) is 19.5. The van der Waals surface area contributed by atoms with E-state index in [1.165, 1.54) is 0 Å². The quantitative estimate of drug-likeness (QED) is 0.213. The minimum Gasteiger partial charge on any atom is -0.494 e. The van der Waals surface area contributed by atoms with Crippen molar-refractivity contribution in [3.05, 3.63) is 99.6 Å². The number of anilines is 2. The van der Waals surface area contributed by atoms with Crippen molar-refractivity contribution in [1.29, 1.82) is 0 Å². The van der Waals surface area contributed by atoms with Gasteiger partial charge in [-0.1, -0.05) is 56.1 Å². The van der Waals surface area contributed by atoms with Gasteiger partial charge in [0.05, 0.1) is 46.3 Å². The fourth-order valence-corrected chi connectivity index (χ4v) is 6.04. The molecule has 1 amide bonds. The monoisotopic (exact) mass is 621 g/mol. The highest BCUT2D eigenvalue weighted by Crippen LogP contribution is 2.45. The molecule has 2 atom stereocenters. The second kappa shape index (κ2) is 11.6. The summed E-state index contributed by atoms with van der Waals surface area (Å²) in [7, 11) is 1.59. The van der Waals surface area contributed by atoms with Crippen LogP contribution in [0.4, 0.5) is 11.4 Å². The highest BCUT2D eigenvalue weighted by molar-refractivity contribution is 7.80. The van der Waals surface area contributed by atoms with Crippen LogP contribution in [0.2, 0.25) is 10.0 Å². The highest BCUT2D eigenvalue weighted by Gasteiger charge is 2.42. The Hall–Kier alpha value is -3.59. The second-order valence-electron chi connectivity index (χ2n) is 11.3. The molecule has 0 bridgehead atoms. The van der Waals surface area contributed by atoms with Gasteiger partial charge in [0, 0.05) is 34.8 Å². The summed E-state index contributed by atoms with van der Waals surface area (Å²) >= 11 is 19.0. The van der Waals surface area contributed by atoms with Crippen LogP contribution in [0.25, 0.3) is 5.69 Å². The Labute approximate surface area is 261 Å². The molecule has 0 spiro atoms. The van der Waals surface area contributed by atoms with Crippen molar-refractivity contribution in [2.75, 3.05) is 17.3 Å². The Balaban J connectivity index is 1.64. The van der Waals surface area contributed by atoms with Gasteiger partial charge < -0.3 is 24.8 Å². The van der Waals surface area contributed by atoms with Gasteiger partial charge >= 0.3 is 0 Å². The number of nitrogens with zero attached hydrogens (tertiary/aromatic N) is 3. The number of thiocarbonyl (C=S) groups is 1. The van der Waals surface area contributed by atoms with Crippen molar-refractivity contribution >= 4 is 57.8 Å². The molecule has 0 saturated carbocycles. The predicted molar refractivity (Wildman–Crippen MR) is 174 cm³/mol. The summed E-state index contributed by atoms with van der Waals surface area (Å²) in [5.74, 6) is 0.427. The zero-order chi connectivity index (χ0) is 30.3. The van der Waals surface area contributed by atoms with Gasteiger partial charge in [-0.2, -0.15) is 0 Å². The van der Waals surface area contributed by atoms with Crippen LogP contribution >= 0.6 is 35.4 Å². The number of aromatic nitrogens is 2. The first-order chi connectivity index (χ1) is 19.9. The maximum Gasteiger partial charge on any atom is 0.229 e. The molecule has 218 valence electrons. The van der Waals surface area contributed by atoms with Gasteiger partial charge in [-0.3, -0.25) is 9.78 Å². The van der Waals surface area contributed by atoms with Gasteiger partial charge in [0.2, 0.25) is 5.91 Å². The Morgan fingerprint density at radius 1 is 1.07 bits per heavy atom. The van der Waals surface area contributed by atoms with Gasteiger partial charge in [-0.15, -0.1) is 0 Å². The lowest BCUT2D eigenvalue weighted by Gasteiger charge is -2.29. The third-order valence-electron chi connectivity index (χ3n) is 7.45. The Kier molecular flexibility index (Phi) is 8.25. The number of hydrogen-bond donors (Lipinski definition) is 2. The van der Waals surface area contributed by atoms with Crippen LogP contribution in [0.5, 0.6) is 5.75 Å². The van der Waals surface area contributed by atoms with E-state index < -0.39 is 5.41 Å². The molecule has 1 aliphatic heterocycles. The third-order valence-corrected chi connectivity index (χ3v) is 8.58. The minimum absolute atomic E-state index is 0.105. The molecule has 3 heterocycles. The average molecular weight is 623 g/mol. The number of aryl methyl sites for hydroxylation is 1. The molecule has 1 aliphatic rings. The molecule has 2 aromatic carbocycles. The van der Waals surface area contributed by atoms with Gasteiger partial charge in [0.15, 0.2) is 5.11 Å². The lowest BCUT2D eigenvalue weighted by atomic mass is 9.95. The molecule has 5 rings (SSSR count). The zero-order valence-electron chi connectivity index (χ0n) is 24.3. The van der Waals surface area contributed by atoms with E-state index in [1.807, 2.05) is 76.2 Å². The molecule has 10 heteroatoms. The summed E-state index contributed by atoms with van der Waals surface area (Å²) in [5.41, 5.74) is 5.56. The van der Waals surface area contributed by atoms with E-state index >= 15 is 0 Å². The van der Waals surface area contributed by atoms with E-state index in [0.29, 0.717) is 26.6 Å². The molecule has 7 nitrogen and oxygen atoms in total. The van der Waals surface area contributed by atoms with E-state index in [-0.39, 0.29) is 18.0 Å². The van der Waals surface area contributed by atoms with Crippen LogP contribution in [-0.2, 0) is 4.79 Å². The summed E-state index contributed by atoms with van der Waals surface area (Å²) < 4.78 is 7.84. The molecule has 1 saturated heterocycles. The first-order valence-electron chi connectivity index (χ1n) is 13.6. The SMILES string of the molecule is COc1cc(N2C(=S)NC(c3ccccn3)C2c2cc(C)n(-c3cccc(Cl)c3Cl)c2C)ccc1NC(=O)C(C)(C)C. The van der Waals surface area contributed by atoms with E-state index in [0.717, 1.165) is 34.0 Å². The van der Waals surface area contributed by atoms with Crippen LogP contribution < -0.4 is 20.3 Å². The van der Waals surface area contributed by atoms with Crippen molar-refractivity contribution in [2.45, 2.75) is 46.7 Å². The summed E-state index contributed by atoms with van der Waals surface area (Å²) in [5, 5.41) is 8.04. The number of amides is 1. The molecule has 0 radical (unpaired) electrons. The molecule has 2 N–H and O–H groups in total. The van der Waals surface area contributed by atoms with Crippen LogP contribution in [-0.4, -0.2) is 27.7 Å². The van der Waals surface area contributed by atoms with Crippen molar-refractivity contribution < 1.29 is 9.53 Å². The fourth-order valence-electron chi connectivity index (χ4n) is 5.31. The van der Waals surface area contributed by atoms with Gasteiger partial charge in [-0.05, 0) is 74.1 Å². The van der Waals surface area contributed by atoms with Crippen molar-refractivity contribution in [3.8, 4) is 11.4 Å². The molecular weight excluding hydrogens is 589 g/mol. The number of ether oxygens (including phenoxy) is 1. The van der Waals surface area contributed by atoms with E-state index in [2.05, 4.69) is 38.1 Å². The standard InChI is InChI=1S/C32H33Cl2N5O2S/c1-18-16-21(19(2)38(18)25-12-9-10-22(33)27(25)34)29-28(24-11-7-8-15-35-24)37-31(42)39(29)20-13-14-23(26(17-20)41-6)36-30(40)32(3,4)5/h7-17,28-29H,1-6H3,(H,36,40)(H,37,42). The van der Waals surface area contributed by atoms with Crippen LogP contribution in [0.1, 0.15) is 55.5 Å². The first kappa shape index (κ1) is 29.9. The van der Waals surface area contributed by atoms with Gasteiger partial charge in [-0.25, -0.2) is 0 Å². The highest BCUT2D eigenvalue weighted by atomic mass is 35.5. The molecule has 2 aromatic heterocycles. The summed E-state index contributed by atoms with van der Waals surface area (Å²) in [6.45, 7) is 9.72. The summed E-state index contributed by atoms with van der Waals surface area (Å²) in [6.07, 6.45) is 1.78. The number of nitrogens with one attached hydrogen (secondary N) is 2. The minimum atomic E-state index is -0.556. The number of halogens is 2. The largest absolute Gasteiger partial charge is 0.494 e. The van der Waals surface area contributed by atoms with Crippen molar-refractivity contribution in [2.24, 2.45) is 5.41 Å². The Morgan fingerprint density at radius 2 is 1.83 bits per heavy atom. The van der Waals surface area contributed by atoms with Crippen LogP contribution in [0.3, 0.4) is 0 Å². The molecule has 2 unspecified atom stereocenters. The number of hydrogen-bond acceptors (Lipinski definition) is 4. The molecule has 42 heavy (non-hydrogen) atoms. The molecule has 0 aliphatic carbocycles. The van der Waals surface area contributed by atoms with E-state index in [9.17, 15) is 4.79 Å². The topological polar surface area (TPSA) is 71.4 Å². The average Bonchev–Trinajstić information content (AvgIpc) is 3.45. The predicted octanol–water partition coefficient (Wildman–Crippen LogP) is 7.97. The number of carbonyl (C=O) groups is 1. The number of carbonyl (C=O) groups excluding carboxylic acids is 1. The molecule has 4 aromatic rings. The van der Waals surface area contributed by atoms with Crippen LogP contribution in [0, 0.1) is 19.3 Å². The van der Waals surface area contributed by atoms with Gasteiger partial charge in [0.1, 0.15) is 5.75 Å². The van der Waals surface area contributed by atoms with E-state index in [1.54, 1.807) is 19.4 Å². The smallest absolute Gasteiger partial charge is 0.229 e. The summed E-state index contributed by atoms with van der Waals surface area (Å²) in [6, 6.07) is 18.8.